The maximum Gasteiger partial charge on any atom is 0.339 e. The molecule has 0 aromatic heterocycles. The van der Waals surface area contributed by atoms with Crippen LogP contribution in [0.5, 0.6) is 0 Å². The summed E-state index contributed by atoms with van der Waals surface area (Å²) in [6, 6.07) is 6.34. The number of carboxylic acid groups (broad SMARTS) is 1. The zero-order valence-corrected chi connectivity index (χ0v) is 22.2. The van der Waals surface area contributed by atoms with Gasteiger partial charge >= 0.3 is 11.9 Å². The number of hydrogen-bond donors (Lipinski definition) is 1. The van der Waals surface area contributed by atoms with Crippen molar-refractivity contribution in [2.75, 3.05) is 0 Å². The first-order chi connectivity index (χ1) is 16.5. The number of rotatable bonds is 21. The molecule has 0 fully saturated rings. The van der Waals surface area contributed by atoms with E-state index in [1.54, 1.807) is 18.2 Å². The molecule has 0 amide bonds. The minimum absolute atomic E-state index is 0.0134. The minimum Gasteiger partial charge on any atom is -0.478 e. The van der Waals surface area contributed by atoms with Crippen LogP contribution in [0.4, 0.5) is 0 Å². The summed E-state index contributed by atoms with van der Waals surface area (Å²) in [4.78, 5) is 24.3. The number of esters is 1. The number of aromatic carboxylic acids is 1. The molecule has 0 heterocycles. The lowest BCUT2D eigenvalue weighted by Gasteiger charge is -2.19. The van der Waals surface area contributed by atoms with Crippen LogP contribution in [0.25, 0.3) is 0 Å². The van der Waals surface area contributed by atoms with Crippen LogP contribution in [0.3, 0.4) is 0 Å². The van der Waals surface area contributed by atoms with E-state index in [1.165, 1.54) is 83.1 Å². The van der Waals surface area contributed by atoms with Crippen LogP contribution in [0.2, 0.25) is 0 Å². The van der Waals surface area contributed by atoms with Gasteiger partial charge in [-0.3, -0.25) is 0 Å². The van der Waals surface area contributed by atoms with Gasteiger partial charge in [-0.05, 0) is 43.7 Å². The lowest BCUT2D eigenvalue weighted by Crippen LogP contribution is -2.20. The van der Waals surface area contributed by atoms with Crippen LogP contribution in [-0.2, 0) is 4.74 Å². The van der Waals surface area contributed by atoms with Gasteiger partial charge in [-0.2, -0.15) is 0 Å². The number of ether oxygens (including phenoxy) is 1. The first kappa shape index (κ1) is 30.2. The SMILES string of the molecule is CCCCCCCCCCCC(CCCCCCCC(C)C)OC(=O)c1ccccc1C(=O)O. The zero-order valence-electron chi connectivity index (χ0n) is 22.2. The van der Waals surface area contributed by atoms with E-state index in [0.29, 0.717) is 0 Å². The predicted octanol–water partition coefficient (Wildman–Crippen LogP) is 9.22. The van der Waals surface area contributed by atoms with Gasteiger partial charge in [0.25, 0.3) is 0 Å². The van der Waals surface area contributed by atoms with Crippen LogP contribution in [0.15, 0.2) is 24.3 Å². The molecular weight excluding hydrogens is 424 g/mol. The van der Waals surface area contributed by atoms with Gasteiger partial charge in [0.2, 0.25) is 0 Å². The van der Waals surface area contributed by atoms with Crippen LogP contribution in [-0.4, -0.2) is 23.1 Å². The van der Waals surface area contributed by atoms with Crippen molar-refractivity contribution in [2.24, 2.45) is 5.92 Å². The molecule has 1 rings (SSSR count). The van der Waals surface area contributed by atoms with Gasteiger partial charge in [-0.1, -0.05) is 116 Å². The molecule has 1 N–H and O–H groups in total. The van der Waals surface area contributed by atoms with Gasteiger partial charge in [0.15, 0.2) is 0 Å². The van der Waals surface area contributed by atoms with Crippen molar-refractivity contribution >= 4 is 11.9 Å². The summed E-state index contributed by atoms with van der Waals surface area (Å²) in [6.45, 7) is 6.79. The van der Waals surface area contributed by atoms with Gasteiger partial charge < -0.3 is 9.84 Å². The molecule has 0 radical (unpaired) electrons. The minimum atomic E-state index is -1.09. The maximum atomic E-state index is 12.8. The molecule has 0 saturated carbocycles. The van der Waals surface area contributed by atoms with Crippen LogP contribution >= 0.6 is 0 Å². The quantitative estimate of drug-likeness (QED) is 0.142. The third-order valence-electron chi connectivity index (χ3n) is 6.59. The van der Waals surface area contributed by atoms with E-state index in [1.807, 2.05) is 0 Å². The van der Waals surface area contributed by atoms with E-state index in [0.717, 1.165) is 38.0 Å². The molecule has 0 aliphatic carbocycles. The smallest absolute Gasteiger partial charge is 0.339 e. The molecule has 0 bridgehead atoms. The fraction of sp³-hybridized carbons (Fsp3) is 0.733. The molecule has 0 saturated heterocycles. The normalized spacial score (nSPS) is 12.1. The van der Waals surface area contributed by atoms with E-state index >= 15 is 0 Å². The van der Waals surface area contributed by atoms with E-state index in [9.17, 15) is 14.7 Å². The second-order valence-electron chi connectivity index (χ2n) is 10.2. The highest BCUT2D eigenvalue weighted by Gasteiger charge is 2.20. The van der Waals surface area contributed by atoms with Crippen molar-refractivity contribution in [2.45, 2.75) is 136 Å². The van der Waals surface area contributed by atoms with Crippen LogP contribution in [0.1, 0.15) is 151 Å². The van der Waals surface area contributed by atoms with Crippen molar-refractivity contribution in [1.82, 2.24) is 0 Å². The summed E-state index contributed by atoms with van der Waals surface area (Å²) >= 11 is 0. The Bertz CT molecular complexity index is 668. The lowest BCUT2D eigenvalue weighted by atomic mass is 10.00. The summed E-state index contributed by atoms with van der Waals surface area (Å²) in [6.07, 6.45) is 20.3. The highest BCUT2D eigenvalue weighted by molar-refractivity contribution is 6.02. The number of carbonyl (C=O) groups is 2. The van der Waals surface area contributed by atoms with Gasteiger partial charge in [0.1, 0.15) is 6.10 Å². The predicted molar refractivity (Wildman–Crippen MR) is 142 cm³/mol. The van der Waals surface area contributed by atoms with Crippen molar-refractivity contribution in [3.63, 3.8) is 0 Å². The second kappa shape index (κ2) is 19.5. The topological polar surface area (TPSA) is 63.6 Å². The molecule has 0 aliphatic heterocycles. The summed E-state index contributed by atoms with van der Waals surface area (Å²) in [5.41, 5.74) is 0.167. The Morgan fingerprint density at radius 2 is 1.15 bits per heavy atom. The summed E-state index contributed by atoms with van der Waals surface area (Å²) in [5, 5.41) is 9.41. The van der Waals surface area contributed by atoms with Crippen molar-refractivity contribution in [1.29, 1.82) is 0 Å². The van der Waals surface area contributed by atoms with Crippen molar-refractivity contribution in [3.8, 4) is 0 Å². The summed E-state index contributed by atoms with van der Waals surface area (Å²) in [7, 11) is 0. The van der Waals surface area contributed by atoms with E-state index in [2.05, 4.69) is 20.8 Å². The molecule has 4 nitrogen and oxygen atoms in total. The number of unbranched alkanes of at least 4 members (excludes halogenated alkanes) is 12. The first-order valence-corrected chi connectivity index (χ1v) is 14.0. The Balaban J connectivity index is 2.47. The average Bonchev–Trinajstić information content (AvgIpc) is 2.81. The standard InChI is InChI=1S/C30H50O4/c1-4-5-6-7-8-9-10-13-16-21-26(22-17-14-11-12-15-20-25(2)3)34-30(33)28-24-19-18-23-27(28)29(31)32/h18-19,23-26H,4-17,20-22H2,1-3H3,(H,31,32). The van der Waals surface area contributed by atoms with E-state index < -0.39 is 11.9 Å². The molecule has 1 aromatic carbocycles. The third kappa shape index (κ3) is 14.4. The van der Waals surface area contributed by atoms with Gasteiger partial charge in [0.05, 0.1) is 11.1 Å². The first-order valence-electron chi connectivity index (χ1n) is 14.0. The second-order valence-corrected chi connectivity index (χ2v) is 10.2. The summed E-state index contributed by atoms with van der Waals surface area (Å²) in [5.74, 6) is -0.825. The van der Waals surface area contributed by atoms with Crippen molar-refractivity contribution < 1.29 is 19.4 Å². The fourth-order valence-corrected chi connectivity index (χ4v) is 4.46. The van der Waals surface area contributed by atoms with E-state index in [-0.39, 0.29) is 17.2 Å². The third-order valence-corrected chi connectivity index (χ3v) is 6.59. The van der Waals surface area contributed by atoms with E-state index in [4.69, 9.17) is 4.74 Å². The molecule has 1 aromatic rings. The highest BCUT2D eigenvalue weighted by atomic mass is 16.5. The highest BCUT2D eigenvalue weighted by Crippen LogP contribution is 2.20. The molecule has 1 unspecified atom stereocenters. The lowest BCUT2D eigenvalue weighted by molar-refractivity contribution is 0.0244. The Morgan fingerprint density at radius 1 is 0.706 bits per heavy atom. The zero-order chi connectivity index (χ0) is 25.0. The number of benzene rings is 1. The molecule has 34 heavy (non-hydrogen) atoms. The Labute approximate surface area is 208 Å². The molecule has 0 aliphatic rings. The molecular formula is C30H50O4. The summed E-state index contributed by atoms with van der Waals surface area (Å²) < 4.78 is 5.86. The Hall–Kier alpha value is -1.84. The van der Waals surface area contributed by atoms with Gasteiger partial charge in [-0.25, -0.2) is 9.59 Å². The Kier molecular flexibility index (Phi) is 17.3. The largest absolute Gasteiger partial charge is 0.478 e. The monoisotopic (exact) mass is 474 g/mol. The molecule has 194 valence electrons. The fourth-order valence-electron chi connectivity index (χ4n) is 4.46. The maximum absolute atomic E-state index is 12.8. The van der Waals surface area contributed by atoms with Crippen LogP contribution in [0, 0.1) is 5.92 Å². The van der Waals surface area contributed by atoms with Crippen molar-refractivity contribution in [3.05, 3.63) is 35.4 Å². The molecule has 1 atom stereocenters. The Morgan fingerprint density at radius 3 is 1.62 bits per heavy atom. The van der Waals surface area contributed by atoms with Gasteiger partial charge in [0, 0.05) is 0 Å². The number of carbonyl (C=O) groups excluding carboxylic acids is 1. The van der Waals surface area contributed by atoms with Crippen LogP contribution < -0.4 is 0 Å². The number of carboxylic acids is 1. The van der Waals surface area contributed by atoms with Gasteiger partial charge in [-0.15, -0.1) is 0 Å². The number of hydrogen-bond acceptors (Lipinski definition) is 3. The molecule has 4 heteroatoms. The molecule has 0 spiro atoms. The average molecular weight is 475 g/mol.